The van der Waals surface area contributed by atoms with Gasteiger partial charge in [0.2, 0.25) is 0 Å². The first-order valence-corrected chi connectivity index (χ1v) is 10.1. The van der Waals surface area contributed by atoms with Gasteiger partial charge in [-0.1, -0.05) is 57.7 Å². The summed E-state index contributed by atoms with van der Waals surface area (Å²) >= 11 is 0. The number of carbonyl (C=O) groups is 1. The Balaban J connectivity index is 2.22. The lowest BCUT2D eigenvalue weighted by Gasteiger charge is -2.16. The van der Waals surface area contributed by atoms with Gasteiger partial charge in [0, 0.05) is 5.56 Å². The number of benzene rings is 2. The van der Waals surface area contributed by atoms with Gasteiger partial charge >= 0.3 is 6.16 Å². The summed E-state index contributed by atoms with van der Waals surface area (Å²) in [6.45, 7) is 4.29. The number of phenolic OH excluding ortho intramolecular Hbond substituents is 2. The van der Waals surface area contributed by atoms with Crippen LogP contribution in [0.25, 0.3) is 0 Å². The summed E-state index contributed by atoms with van der Waals surface area (Å²) in [5, 5.41) is 20.1. The Hall–Kier alpha value is -2.69. The molecule has 2 N–H and O–H groups in total. The van der Waals surface area contributed by atoms with Gasteiger partial charge in [0.1, 0.15) is 0 Å². The Morgan fingerprint density at radius 3 is 2.18 bits per heavy atom. The fourth-order valence-electron chi connectivity index (χ4n) is 3.13. The molecule has 0 atom stereocenters. The Morgan fingerprint density at radius 2 is 1.50 bits per heavy atom. The van der Waals surface area contributed by atoms with Crippen molar-refractivity contribution in [3.8, 4) is 23.0 Å². The number of ether oxygens (including phenoxy) is 2. The normalized spacial score (nSPS) is 10.6. The lowest BCUT2D eigenvalue weighted by Crippen LogP contribution is -2.15. The first-order chi connectivity index (χ1) is 13.6. The van der Waals surface area contributed by atoms with Gasteiger partial charge in [-0.05, 0) is 49.4 Å². The lowest BCUT2D eigenvalue weighted by atomic mass is 9.95. The number of hydrogen-bond donors (Lipinski definition) is 2. The van der Waals surface area contributed by atoms with Crippen molar-refractivity contribution in [3.63, 3.8) is 0 Å². The van der Waals surface area contributed by atoms with Gasteiger partial charge in [-0.2, -0.15) is 0 Å². The molecule has 5 nitrogen and oxygen atoms in total. The number of aromatic hydroxyl groups is 2. The van der Waals surface area contributed by atoms with E-state index in [0.717, 1.165) is 62.5 Å². The van der Waals surface area contributed by atoms with E-state index in [1.807, 2.05) is 6.07 Å². The zero-order chi connectivity index (χ0) is 20.4. The SMILES string of the molecule is CCCCCc1ccc(O)c(OC(=O)Oc2ccccc2O)c1CCCCC. The van der Waals surface area contributed by atoms with Gasteiger partial charge < -0.3 is 19.7 Å². The van der Waals surface area contributed by atoms with Crippen molar-refractivity contribution in [2.45, 2.75) is 65.2 Å². The molecule has 0 saturated carbocycles. The quantitative estimate of drug-likeness (QED) is 0.291. The molecule has 0 unspecified atom stereocenters. The fraction of sp³-hybridized carbons (Fsp3) is 0.435. The lowest BCUT2D eigenvalue weighted by molar-refractivity contribution is 0.148. The minimum Gasteiger partial charge on any atom is -0.504 e. The molecule has 0 aliphatic heterocycles. The van der Waals surface area contributed by atoms with Crippen LogP contribution in [0.5, 0.6) is 23.0 Å². The van der Waals surface area contributed by atoms with Gasteiger partial charge in [-0.25, -0.2) is 4.79 Å². The molecule has 28 heavy (non-hydrogen) atoms. The number of unbranched alkanes of at least 4 members (excludes halogenated alkanes) is 4. The molecular weight excluding hydrogens is 356 g/mol. The van der Waals surface area contributed by atoms with E-state index in [9.17, 15) is 15.0 Å². The second-order valence-electron chi connectivity index (χ2n) is 6.89. The van der Waals surface area contributed by atoms with Crippen molar-refractivity contribution in [1.82, 2.24) is 0 Å². The highest BCUT2D eigenvalue weighted by Crippen LogP contribution is 2.36. The van der Waals surface area contributed by atoms with Gasteiger partial charge in [-0.15, -0.1) is 0 Å². The van der Waals surface area contributed by atoms with Crippen LogP contribution in [0.1, 0.15) is 63.5 Å². The summed E-state index contributed by atoms with van der Waals surface area (Å²) in [6, 6.07) is 9.64. The highest BCUT2D eigenvalue weighted by molar-refractivity contribution is 5.70. The smallest absolute Gasteiger partial charge is 0.504 e. The zero-order valence-electron chi connectivity index (χ0n) is 16.7. The van der Waals surface area contributed by atoms with Crippen LogP contribution in [0.15, 0.2) is 36.4 Å². The molecule has 0 aromatic heterocycles. The number of aryl methyl sites for hydroxylation is 1. The van der Waals surface area contributed by atoms with E-state index < -0.39 is 6.16 Å². The van der Waals surface area contributed by atoms with E-state index in [1.54, 1.807) is 18.2 Å². The minimum absolute atomic E-state index is 0.0126. The summed E-state index contributed by atoms with van der Waals surface area (Å²) in [4.78, 5) is 12.3. The van der Waals surface area contributed by atoms with Crippen molar-refractivity contribution in [1.29, 1.82) is 0 Å². The Labute approximate surface area is 166 Å². The average Bonchev–Trinajstić information content (AvgIpc) is 2.68. The van der Waals surface area contributed by atoms with Crippen molar-refractivity contribution in [2.75, 3.05) is 0 Å². The first kappa shape index (κ1) is 21.6. The summed E-state index contributed by atoms with van der Waals surface area (Å²) in [5.41, 5.74) is 1.95. The van der Waals surface area contributed by atoms with E-state index in [-0.39, 0.29) is 23.0 Å². The number of phenols is 2. The molecular formula is C23H30O5. The first-order valence-electron chi connectivity index (χ1n) is 10.1. The average molecular weight is 386 g/mol. The molecule has 0 aliphatic rings. The second kappa shape index (κ2) is 11.2. The number of hydrogen-bond acceptors (Lipinski definition) is 5. The van der Waals surface area contributed by atoms with Crippen molar-refractivity contribution >= 4 is 6.16 Å². The van der Waals surface area contributed by atoms with Crippen LogP contribution in [0.2, 0.25) is 0 Å². The molecule has 0 saturated heterocycles. The number of rotatable bonds is 10. The van der Waals surface area contributed by atoms with Gasteiger partial charge in [0.05, 0.1) is 0 Å². The molecule has 2 aromatic carbocycles. The van der Waals surface area contributed by atoms with Crippen molar-refractivity contribution in [2.24, 2.45) is 0 Å². The van der Waals surface area contributed by atoms with Gasteiger partial charge in [0.15, 0.2) is 23.0 Å². The maximum Gasteiger partial charge on any atom is 0.519 e. The predicted octanol–water partition coefficient (Wildman–Crippen LogP) is 6.14. The van der Waals surface area contributed by atoms with Crippen molar-refractivity contribution in [3.05, 3.63) is 47.5 Å². The molecule has 0 aliphatic carbocycles. The maximum atomic E-state index is 12.3. The number of carbonyl (C=O) groups excluding carboxylic acids is 1. The fourth-order valence-corrected chi connectivity index (χ4v) is 3.13. The zero-order valence-corrected chi connectivity index (χ0v) is 16.7. The topological polar surface area (TPSA) is 76.0 Å². The van der Waals surface area contributed by atoms with Crippen LogP contribution < -0.4 is 9.47 Å². The Morgan fingerprint density at radius 1 is 0.821 bits per heavy atom. The second-order valence-corrected chi connectivity index (χ2v) is 6.89. The summed E-state index contributed by atoms with van der Waals surface area (Å²) < 4.78 is 10.5. The third kappa shape index (κ3) is 6.19. The third-order valence-corrected chi connectivity index (χ3v) is 4.66. The van der Waals surface area contributed by atoms with Gasteiger partial charge in [-0.3, -0.25) is 0 Å². The van der Waals surface area contributed by atoms with Crippen LogP contribution in [0.3, 0.4) is 0 Å². The van der Waals surface area contributed by atoms with E-state index >= 15 is 0 Å². The monoisotopic (exact) mass is 386 g/mol. The van der Waals surface area contributed by atoms with E-state index in [2.05, 4.69) is 13.8 Å². The van der Waals surface area contributed by atoms with Gasteiger partial charge in [0.25, 0.3) is 0 Å². The minimum atomic E-state index is -0.987. The van der Waals surface area contributed by atoms with Crippen LogP contribution >= 0.6 is 0 Å². The highest BCUT2D eigenvalue weighted by Gasteiger charge is 2.19. The highest BCUT2D eigenvalue weighted by atomic mass is 16.7. The van der Waals surface area contributed by atoms with E-state index in [0.29, 0.717) is 0 Å². The largest absolute Gasteiger partial charge is 0.519 e. The summed E-state index contributed by atoms with van der Waals surface area (Å²) in [6.07, 6.45) is 7.00. The molecule has 0 heterocycles. The molecule has 0 radical (unpaired) electrons. The van der Waals surface area contributed by atoms with E-state index in [4.69, 9.17) is 9.47 Å². The van der Waals surface area contributed by atoms with Crippen LogP contribution in [-0.2, 0) is 12.8 Å². The molecule has 5 heteroatoms. The molecule has 2 rings (SSSR count). The third-order valence-electron chi connectivity index (χ3n) is 4.66. The van der Waals surface area contributed by atoms with E-state index in [1.165, 1.54) is 12.1 Å². The Kier molecular flexibility index (Phi) is 8.66. The van der Waals surface area contributed by atoms with Crippen LogP contribution in [0, 0.1) is 0 Å². The molecule has 0 fully saturated rings. The predicted molar refractivity (Wildman–Crippen MR) is 109 cm³/mol. The molecule has 152 valence electrons. The summed E-state index contributed by atoms with van der Waals surface area (Å²) in [5.74, 6) is -0.0655. The number of para-hydroxylation sites is 2. The standard InChI is InChI=1S/C23H30O5/c1-3-5-7-11-17-15-16-20(25)22(18(17)12-8-6-4-2)28-23(26)27-21-14-10-9-13-19(21)24/h9-10,13-16,24-25H,3-8,11-12H2,1-2H3. The van der Waals surface area contributed by atoms with Crippen molar-refractivity contribution < 1.29 is 24.5 Å². The molecule has 0 bridgehead atoms. The van der Waals surface area contributed by atoms with Crippen LogP contribution in [0.4, 0.5) is 4.79 Å². The molecule has 2 aromatic rings. The summed E-state index contributed by atoms with van der Waals surface area (Å²) in [7, 11) is 0. The van der Waals surface area contributed by atoms with Crippen LogP contribution in [-0.4, -0.2) is 16.4 Å². The molecule has 0 spiro atoms. The molecule has 0 amide bonds. The Bertz CT molecular complexity index is 770. The maximum absolute atomic E-state index is 12.3.